The predicted octanol–water partition coefficient (Wildman–Crippen LogP) is -0.513. The van der Waals surface area contributed by atoms with Gasteiger partial charge in [0, 0.05) is 26.2 Å². The van der Waals surface area contributed by atoms with Crippen LogP contribution >= 0.6 is 0 Å². The van der Waals surface area contributed by atoms with E-state index in [2.05, 4.69) is 0 Å². The Balaban J connectivity index is 1.88. The number of rotatable bonds is 3. The van der Waals surface area contributed by atoms with E-state index in [1.165, 1.54) is 0 Å². The molecule has 0 atom stereocenters. The summed E-state index contributed by atoms with van der Waals surface area (Å²) in [5.74, 6) is -0.769. The number of aliphatic carboxylic acids is 1. The summed E-state index contributed by atoms with van der Waals surface area (Å²) < 4.78 is 0. The standard InChI is InChI=1S/C12H21N3O3/c13-12(3-1-4-12)11(18)15-6-2-5-14(7-8-15)9-10(16)17/h1-9,13H2,(H,16,17). The minimum absolute atomic E-state index is 0.0472. The number of carbonyl (C=O) groups is 2. The molecule has 6 heteroatoms. The average molecular weight is 255 g/mol. The molecule has 0 unspecified atom stereocenters. The lowest BCUT2D eigenvalue weighted by Crippen LogP contribution is -2.60. The summed E-state index contributed by atoms with van der Waals surface area (Å²) in [7, 11) is 0. The number of carbonyl (C=O) groups excluding carboxylic acids is 1. The van der Waals surface area contributed by atoms with Crippen LogP contribution in [-0.4, -0.2) is 65.0 Å². The van der Waals surface area contributed by atoms with Gasteiger partial charge in [-0.3, -0.25) is 14.5 Å². The second-order valence-electron chi connectivity index (χ2n) is 5.33. The van der Waals surface area contributed by atoms with Crippen LogP contribution in [0, 0.1) is 0 Å². The van der Waals surface area contributed by atoms with Gasteiger partial charge in [0.15, 0.2) is 0 Å². The summed E-state index contributed by atoms with van der Waals surface area (Å²) in [6, 6.07) is 0. The molecule has 1 aliphatic heterocycles. The highest BCUT2D eigenvalue weighted by Crippen LogP contribution is 2.31. The Hall–Kier alpha value is -1.14. The molecule has 1 saturated carbocycles. The molecule has 18 heavy (non-hydrogen) atoms. The van der Waals surface area contributed by atoms with E-state index in [0.29, 0.717) is 19.6 Å². The van der Waals surface area contributed by atoms with Gasteiger partial charge in [-0.25, -0.2) is 0 Å². The van der Waals surface area contributed by atoms with E-state index in [0.717, 1.165) is 32.2 Å². The van der Waals surface area contributed by atoms with E-state index in [1.807, 2.05) is 4.90 Å². The van der Waals surface area contributed by atoms with Crippen molar-refractivity contribution in [2.75, 3.05) is 32.7 Å². The van der Waals surface area contributed by atoms with Crippen LogP contribution in [0.1, 0.15) is 25.7 Å². The first kappa shape index (κ1) is 13.3. The normalized spacial score (nSPS) is 24.2. The lowest BCUT2D eigenvalue weighted by atomic mass is 9.76. The number of hydrogen-bond acceptors (Lipinski definition) is 4. The number of amides is 1. The van der Waals surface area contributed by atoms with Gasteiger partial charge in [-0.15, -0.1) is 0 Å². The largest absolute Gasteiger partial charge is 0.480 e. The smallest absolute Gasteiger partial charge is 0.317 e. The number of carboxylic acids is 1. The summed E-state index contributed by atoms with van der Waals surface area (Å²) in [5, 5.41) is 8.77. The Kier molecular flexibility index (Phi) is 3.87. The maximum atomic E-state index is 12.2. The van der Waals surface area contributed by atoms with Crippen molar-refractivity contribution in [3.8, 4) is 0 Å². The molecule has 0 aromatic heterocycles. The van der Waals surface area contributed by atoms with Gasteiger partial charge in [0.05, 0.1) is 12.1 Å². The van der Waals surface area contributed by atoms with Crippen LogP contribution in [0.2, 0.25) is 0 Å². The lowest BCUT2D eigenvalue weighted by Gasteiger charge is -2.40. The summed E-state index contributed by atoms with van der Waals surface area (Å²) >= 11 is 0. The third kappa shape index (κ3) is 2.81. The van der Waals surface area contributed by atoms with Gasteiger partial charge in [-0.05, 0) is 25.7 Å². The fourth-order valence-electron chi connectivity index (χ4n) is 2.61. The molecule has 1 heterocycles. The van der Waals surface area contributed by atoms with Crippen LogP contribution in [0.4, 0.5) is 0 Å². The summed E-state index contributed by atoms with van der Waals surface area (Å²) in [5.41, 5.74) is 5.41. The van der Waals surface area contributed by atoms with E-state index >= 15 is 0 Å². The van der Waals surface area contributed by atoms with E-state index in [1.54, 1.807) is 4.90 Å². The minimum atomic E-state index is -0.816. The van der Waals surface area contributed by atoms with Gasteiger partial charge in [0.2, 0.25) is 5.91 Å². The van der Waals surface area contributed by atoms with Crippen LogP contribution in [-0.2, 0) is 9.59 Å². The summed E-state index contributed by atoms with van der Waals surface area (Å²) in [6.07, 6.45) is 3.40. The van der Waals surface area contributed by atoms with Gasteiger partial charge in [-0.1, -0.05) is 0 Å². The predicted molar refractivity (Wildman–Crippen MR) is 66.0 cm³/mol. The van der Waals surface area contributed by atoms with Gasteiger partial charge in [0.25, 0.3) is 0 Å². The highest BCUT2D eigenvalue weighted by molar-refractivity contribution is 5.87. The summed E-state index contributed by atoms with van der Waals surface area (Å²) in [6.45, 7) is 2.68. The molecule has 2 fully saturated rings. The minimum Gasteiger partial charge on any atom is -0.480 e. The van der Waals surface area contributed by atoms with Crippen molar-refractivity contribution >= 4 is 11.9 Å². The molecule has 1 saturated heterocycles. The molecule has 1 amide bonds. The van der Waals surface area contributed by atoms with Crippen molar-refractivity contribution in [3.05, 3.63) is 0 Å². The highest BCUT2D eigenvalue weighted by atomic mass is 16.4. The zero-order valence-corrected chi connectivity index (χ0v) is 10.6. The molecule has 2 rings (SSSR count). The number of hydrogen-bond donors (Lipinski definition) is 2. The first-order valence-electron chi connectivity index (χ1n) is 6.54. The molecular weight excluding hydrogens is 234 g/mol. The van der Waals surface area contributed by atoms with E-state index < -0.39 is 11.5 Å². The van der Waals surface area contributed by atoms with Crippen LogP contribution in [0.3, 0.4) is 0 Å². The highest BCUT2D eigenvalue weighted by Gasteiger charge is 2.42. The SMILES string of the molecule is NC1(C(=O)N2CCCN(CC(=O)O)CC2)CCC1. The quantitative estimate of drug-likeness (QED) is 0.709. The Labute approximate surface area is 107 Å². The van der Waals surface area contributed by atoms with Crippen molar-refractivity contribution < 1.29 is 14.7 Å². The number of nitrogens with two attached hydrogens (primary N) is 1. The fourth-order valence-corrected chi connectivity index (χ4v) is 2.61. The lowest BCUT2D eigenvalue weighted by molar-refractivity contribution is -0.140. The van der Waals surface area contributed by atoms with Crippen molar-refractivity contribution in [2.45, 2.75) is 31.2 Å². The molecule has 2 aliphatic rings. The van der Waals surface area contributed by atoms with Gasteiger partial charge in [0.1, 0.15) is 0 Å². The Morgan fingerprint density at radius 2 is 1.83 bits per heavy atom. The first-order chi connectivity index (χ1) is 8.51. The van der Waals surface area contributed by atoms with Gasteiger partial charge in [-0.2, -0.15) is 0 Å². The molecule has 1 aliphatic carbocycles. The van der Waals surface area contributed by atoms with E-state index in [-0.39, 0.29) is 12.5 Å². The number of nitrogens with zero attached hydrogens (tertiary/aromatic N) is 2. The zero-order valence-electron chi connectivity index (χ0n) is 10.6. The maximum absolute atomic E-state index is 12.2. The van der Waals surface area contributed by atoms with Crippen LogP contribution < -0.4 is 5.73 Å². The van der Waals surface area contributed by atoms with Crippen molar-refractivity contribution in [2.24, 2.45) is 5.73 Å². The third-order valence-corrected chi connectivity index (χ3v) is 3.91. The molecule has 0 bridgehead atoms. The topological polar surface area (TPSA) is 86.9 Å². The van der Waals surface area contributed by atoms with Crippen molar-refractivity contribution in [1.82, 2.24) is 9.80 Å². The van der Waals surface area contributed by atoms with Crippen molar-refractivity contribution in [3.63, 3.8) is 0 Å². The second kappa shape index (κ2) is 5.24. The molecule has 0 aromatic rings. The second-order valence-corrected chi connectivity index (χ2v) is 5.33. The van der Waals surface area contributed by atoms with Gasteiger partial charge >= 0.3 is 5.97 Å². The summed E-state index contributed by atoms with van der Waals surface area (Å²) in [4.78, 5) is 26.6. The molecule has 0 radical (unpaired) electrons. The molecule has 0 aromatic carbocycles. The Morgan fingerprint density at radius 3 is 2.39 bits per heavy atom. The first-order valence-corrected chi connectivity index (χ1v) is 6.54. The van der Waals surface area contributed by atoms with Crippen molar-refractivity contribution in [1.29, 1.82) is 0 Å². The molecule has 6 nitrogen and oxygen atoms in total. The van der Waals surface area contributed by atoms with Gasteiger partial charge < -0.3 is 15.7 Å². The molecule has 102 valence electrons. The van der Waals surface area contributed by atoms with Crippen LogP contribution in [0.25, 0.3) is 0 Å². The zero-order chi connectivity index (χ0) is 13.2. The Morgan fingerprint density at radius 1 is 1.11 bits per heavy atom. The molecule has 0 spiro atoms. The van der Waals surface area contributed by atoms with E-state index in [4.69, 9.17) is 10.8 Å². The molecule has 3 N–H and O–H groups in total. The fraction of sp³-hybridized carbons (Fsp3) is 0.833. The Bertz CT molecular complexity index is 341. The monoisotopic (exact) mass is 255 g/mol. The van der Waals surface area contributed by atoms with E-state index in [9.17, 15) is 9.59 Å². The number of carboxylic acid groups (broad SMARTS) is 1. The maximum Gasteiger partial charge on any atom is 0.317 e. The third-order valence-electron chi connectivity index (χ3n) is 3.91. The average Bonchev–Trinajstić information content (AvgIpc) is 2.50. The van der Waals surface area contributed by atoms with Crippen LogP contribution in [0.15, 0.2) is 0 Å². The van der Waals surface area contributed by atoms with Crippen LogP contribution in [0.5, 0.6) is 0 Å². The molecular formula is C12H21N3O3.